The molecule has 0 unspecified atom stereocenters. The molecule has 3 aliphatic carbocycles. The molecule has 3 saturated carbocycles. The van der Waals surface area contributed by atoms with Gasteiger partial charge in [-0.25, -0.2) is 18.7 Å². The van der Waals surface area contributed by atoms with Crippen LogP contribution in [0.5, 0.6) is 0 Å². The molecule has 6 nitrogen and oxygen atoms in total. The molecule has 0 amide bonds. The van der Waals surface area contributed by atoms with Crippen molar-refractivity contribution in [2.75, 3.05) is 18.8 Å². The number of nitrogens with two attached hydrogens (primary N) is 1. The average molecular weight is 511 g/mol. The van der Waals surface area contributed by atoms with E-state index < -0.39 is 52.7 Å². The number of rotatable bonds is 4. The first kappa shape index (κ1) is 24.2. The van der Waals surface area contributed by atoms with Gasteiger partial charge in [0, 0.05) is 49.4 Å². The molecule has 2 aromatic rings. The first-order chi connectivity index (χ1) is 16.1. The van der Waals surface area contributed by atoms with E-state index in [1.807, 2.05) is 4.90 Å². The normalized spacial score (nSPS) is 29.4. The zero-order valence-corrected chi connectivity index (χ0v) is 18.1. The molecule has 4 fully saturated rings. The quantitative estimate of drug-likeness (QED) is 0.591. The number of hydrogen-bond acceptors (Lipinski definition) is 5. The first-order valence-electron chi connectivity index (χ1n) is 10.9. The number of piperidine rings is 1. The predicted molar refractivity (Wildman–Crippen MR) is 106 cm³/mol. The number of aromatic nitrogens is 3. The van der Waals surface area contributed by atoms with Crippen LogP contribution in [0.15, 0.2) is 18.5 Å². The van der Waals surface area contributed by atoms with E-state index in [1.54, 1.807) is 0 Å². The van der Waals surface area contributed by atoms with Crippen molar-refractivity contribution < 1.29 is 40.2 Å². The highest BCUT2D eigenvalue weighted by molar-refractivity contribution is 5.62. The Morgan fingerprint density at radius 2 is 1.60 bits per heavy atom. The molecule has 6 rings (SSSR count). The monoisotopic (exact) mass is 511 g/mol. The summed E-state index contributed by atoms with van der Waals surface area (Å²) in [6.45, 7) is 0.348. The summed E-state index contributed by atoms with van der Waals surface area (Å²) in [7, 11) is 0. The van der Waals surface area contributed by atoms with Crippen LogP contribution >= 0.6 is 0 Å². The van der Waals surface area contributed by atoms with E-state index in [-0.39, 0.29) is 37.2 Å². The molecule has 2 aromatic heterocycles. The van der Waals surface area contributed by atoms with Gasteiger partial charge in [0.05, 0.1) is 16.8 Å². The fourth-order valence-electron chi connectivity index (χ4n) is 5.68. The molecular weight excluding hydrogens is 490 g/mol. The van der Waals surface area contributed by atoms with Crippen molar-refractivity contribution in [1.29, 1.82) is 0 Å². The lowest BCUT2D eigenvalue weighted by Crippen LogP contribution is -2.79. The summed E-state index contributed by atoms with van der Waals surface area (Å²) in [6.07, 6.45) is -10.2. The molecule has 0 aromatic carbocycles. The third kappa shape index (κ3) is 3.85. The zero-order valence-electron chi connectivity index (χ0n) is 18.1. The molecule has 0 spiro atoms. The molecule has 4 aliphatic rings. The molecule has 3 heterocycles. The Morgan fingerprint density at radius 1 is 1.00 bits per heavy atom. The largest absolute Gasteiger partial charge is 0.421 e. The summed E-state index contributed by atoms with van der Waals surface area (Å²) in [5.74, 6) is -4.26. The third-order valence-electron chi connectivity index (χ3n) is 7.46. The predicted octanol–water partition coefficient (Wildman–Crippen LogP) is 4.50. The summed E-state index contributed by atoms with van der Waals surface area (Å²) < 4.78 is 108. The lowest BCUT2D eigenvalue weighted by Gasteiger charge is -2.75. The minimum absolute atomic E-state index is 0.174. The Bertz CT molecular complexity index is 1130. The molecule has 35 heavy (non-hydrogen) atoms. The summed E-state index contributed by atoms with van der Waals surface area (Å²) in [5.41, 5.74) is 2.38. The van der Waals surface area contributed by atoms with Crippen LogP contribution in [-0.4, -0.2) is 55.3 Å². The van der Waals surface area contributed by atoms with E-state index >= 15 is 0 Å². The molecule has 1 atom stereocenters. The van der Waals surface area contributed by atoms with Crippen molar-refractivity contribution in [3.05, 3.63) is 29.8 Å². The maximum absolute atomic E-state index is 13.5. The highest BCUT2D eigenvalue weighted by Gasteiger charge is 2.72. The van der Waals surface area contributed by atoms with Crippen LogP contribution < -0.4 is 5.73 Å². The van der Waals surface area contributed by atoms with Gasteiger partial charge in [-0.05, 0) is 25.3 Å². The number of pyridine rings is 1. The van der Waals surface area contributed by atoms with E-state index in [2.05, 4.69) is 9.97 Å². The standard InChI is InChI=1S/C21H21F8N5O/c22-19(23)1-3-33(4-2-19)17-8-18(9-17,10-17)34-7-13(32-16(34)14(35)21(27,28)29)11-5-12(20(24,25)26)15(30)31-6-11/h5-7,14,35H,1-4,8-10H2,(H2,30,31)/t14-,17?,18?/m1/s1. The topological polar surface area (TPSA) is 80.2 Å². The summed E-state index contributed by atoms with van der Waals surface area (Å²) in [6, 6.07) is 0.649. The van der Waals surface area contributed by atoms with Gasteiger partial charge in [-0.2, -0.15) is 26.3 Å². The van der Waals surface area contributed by atoms with E-state index in [1.165, 1.54) is 10.8 Å². The van der Waals surface area contributed by atoms with Gasteiger partial charge in [0.1, 0.15) is 11.6 Å². The van der Waals surface area contributed by atoms with Crippen molar-refractivity contribution in [2.24, 2.45) is 0 Å². The molecule has 3 N–H and O–H groups in total. The van der Waals surface area contributed by atoms with Crippen LogP contribution in [0.2, 0.25) is 0 Å². The van der Waals surface area contributed by atoms with Gasteiger partial charge in [0.2, 0.25) is 6.10 Å². The number of anilines is 1. The van der Waals surface area contributed by atoms with Gasteiger partial charge in [-0.3, -0.25) is 4.90 Å². The minimum atomic E-state index is -5.06. The van der Waals surface area contributed by atoms with Crippen molar-refractivity contribution in [1.82, 2.24) is 19.4 Å². The van der Waals surface area contributed by atoms with E-state index in [4.69, 9.17) is 5.73 Å². The van der Waals surface area contributed by atoms with Crippen molar-refractivity contribution in [3.8, 4) is 11.3 Å². The summed E-state index contributed by atoms with van der Waals surface area (Å²) in [5, 5.41) is 9.98. The Labute approximate surface area is 193 Å². The number of hydrogen-bond donors (Lipinski definition) is 2. The number of nitrogens with zero attached hydrogens (tertiary/aromatic N) is 4. The lowest BCUT2D eigenvalue weighted by molar-refractivity contribution is -0.233. The molecule has 2 bridgehead atoms. The van der Waals surface area contributed by atoms with E-state index in [0.29, 0.717) is 25.3 Å². The Balaban J connectivity index is 1.47. The molecule has 192 valence electrons. The highest BCUT2D eigenvalue weighted by atomic mass is 19.4. The number of imidazole rings is 1. The fraction of sp³-hybridized carbons (Fsp3) is 0.619. The van der Waals surface area contributed by atoms with Crippen molar-refractivity contribution >= 4 is 5.82 Å². The van der Waals surface area contributed by atoms with E-state index in [9.17, 15) is 40.2 Å². The Hall–Kier alpha value is -2.48. The maximum Gasteiger partial charge on any atom is 0.421 e. The van der Waals surface area contributed by atoms with Gasteiger partial charge < -0.3 is 15.4 Å². The molecule has 1 saturated heterocycles. The summed E-state index contributed by atoms with van der Waals surface area (Å²) >= 11 is 0. The maximum atomic E-state index is 13.5. The molecule has 0 radical (unpaired) electrons. The Kier molecular flexibility index (Phi) is 5.04. The van der Waals surface area contributed by atoms with Gasteiger partial charge >= 0.3 is 12.4 Å². The van der Waals surface area contributed by atoms with Crippen LogP contribution in [-0.2, 0) is 11.7 Å². The van der Waals surface area contributed by atoms with Crippen molar-refractivity contribution in [2.45, 2.75) is 67.6 Å². The number of aliphatic hydroxyl groups is 1. The number of alkyl halides is 8. The SMILES string of the molecule is Nc1ncc(-c2cn(C34CC(N5CCC(F)(F)CC5)(C3)C4)c([C@@H](O)C(F)(F)F)n2)cc1C(F)(F)F. The molecule has 14 heteroatoms. The second-order valence-electron chi connectivity index (χ2n) is 9.78. The zero-order chi connectivity index (χ0) is 25.6. The second-order valence-corrected chi connectivity index (χ2v) is 9.78. The highest BCUT2D eigenvalue weighted by Crippen LogP contribution is 2.69. The number of aliphatic hydroxyl groups excluding tert-OH is 1. The first-order valence-corrected chi connectivity index (χ1v) is 10.9. The molecular formula is C21H21F8N5O. The third-order valence-corrected chi connectivity index (χ3v) is 7.46. The number of likely N-dealkylation sites (tertiary alicyclic amines) is 1. The Morgan fingerprint density at radius 3 is 2.14 bits per heavy atom. The van der Waals surface area contributed by atoms with Crippen LogP contribution in [0.1, 0.15) is 49.6 Å². The van der Waals surface area contributed by atoms with Crippen LogP contribution in [0.25, 0.3) is 11.3 Å². The smallest absolute Gasteiger partial charge is 0.383 e. The van der Waals surface area contributed by atoms with Gasteiger partial charge in [-0.15, -0.1) is 0 Å². The summed E-state index contributed by atoms with van der Waals surface area (Å²) in [4.78, 5) is 9.29. The molecule has 1 aliphatic heterocycles. The van der Waals surface area contributed by atoms with Crippen LogP contribution in [0, 0.1) is 0 Å². The number of halogens is 8. The van der Waals surface area contributed by atoms with Crippen LogP contribution in [0.4, 0.5) is 40.9 Å². The lowest BCUT2D eigenvalue weighted by atomic mass is 9.43. The van der Waals surface area contributed by atoms with Gasteiger partial charge in [-0.1, -0.05) is 0 Å². The number of nitrogen functional groups attached to an aromatic ring is 1. The van der Waals surface area contributed by atoms with Crippen LogP contribution in [0.3, 0.4) is 0 Å². The minimum Gasteiger partial charge on any atom is -0.383 e. The van der Waals surface area contributed by atoms with Gasteiger partial charge in [0.15, 0.2) is 0 Å². The van der Waals surface area contributed by atoms with Crippen molar-refractivity contribution in [3.63, 3.8) is 0 Å². The van der Waals surface area contributed by atoms with E-state index in [0.717, 1.165) is 6.20 Å². The average Bonchev–Trinajstić information content (AvgIpc) is 3.10. The fourth-order valence-corrected chi connectivity index (χ4v) is 5.68. The van der Waals surface area contributed by atoms with Gasteiger partial charge in [0.25, 0.3) is 5.92 Å². The second kappa shape index (κ2) is 7.28.